The van der Waals surface area contributed by atoms with Crippen molar-refractivity contribution in [2.45, 2.75) is 47.0 Å². The number of hydrogen-bond donors (Lipinski definition) is 0. The average Bonchev–Trinajstić information content (AvgIpc) is 2.69. The molecular formula is C11H20N2S. The number of aryl methyl sites for hydroxylation is 1. The molecule has 0 unspecified atom stereocenters. The van der Waals surface area contributed by atoms with E-state index < -0.39 is 0 Å². The van der Waals surface area contributed by atoms with Crippen LogP contribution in [0, 0.1) is 0 Å². The summed E-state index contributed by atoms with van der Waals surface area (Å²) in [6.07, 6.45) is 7.63. The molecule has 2 nitrogen and oxygen atoms in total. The smallest absolute Gasteiger partial charge is 0.0998 e. The molecule has 0 aliphatic heterocycles. The molecule has 80 valence electrons. The Labute approximate surface area is 91.4 Å². The Morgan fingerprint density at radius 1 is 1.29 bits per heavy atom. The molecule has 2 rings (SSSR count). The SMILES string of the molecule is C1=Cc2nsnc2CC1.CC.CCC. The van der Waals surface area contributed by atoms with Crippen molar-refractivity contribution < 1.29 is 0 Å². The van der Waals surface area contributed by atoms with Crippen LogP contribution in [0.1, 0.15) is 51.9 Å². The molecule has 1 aliphatic rings. The molecule has 0 atom stereocenters. The number of allylic oxidation sites excluding steroid dienone is 1. The monoisotopic (exact) mass is 212 g/mol. The summed E-state index contributed by atoms with van der Waals surface area (Å²) in [5.74, 6) is 0. The van der Waals surface area contributed by atoms with Crippen molar-refractivity contribution in [3.05, 3.63) is 17.5 Å². The Bertz CT molecular complexity index is 254. The molecule has 0 aromatic carbocycles. The van der Waals surface area contributed by atoms with Crippen LogP contribution in [0.15, 0.2) is 6.08 Å². The first-order valence-electron chi connectivity index (χ1n) is 5.36. The lowest BCUT2D eigenvalue weighted by molar-refractivity contribution is 0.949. The highest BCUT2D eigenvalue weighted by atomic mass is 32.1. The van der Waals surface area contributed by atoms with Crippen molar-refractivity contribution in [1.29, 1.82) is 0 Å². The number of hydrogen-bond acceptors (Lipinski definition) is 3. The minimum atomic E-state index is 1.07. The summed E-state index contributed by atoms with van der Waals surface area (Å²) in [7, 11) is 0. The normalized spacial score (nSPS) is 11.7. The summed E-state index contributed by atoms with van der Waals surface area (Å²) in [6.45, 7) is 8.25. The Balaban J connectivity index is 0.000000294. The number of aromatic nitrogens is 2. The van der Waals surface area contributed by atoms with Crippen molar-refractivity contribution >= 4 is 17.8 Å². The molecule has 1 aliphatic carbocycles. The van der Waals surface area contributed by atoms with Gasteiger partial charge in [0, 0.05) is 0 Å². The summed E-state index contributed by atoms with van der Waals surface area (Å²) < 4.78 is 8.24. The number of nitrogens with zero attached hydrogens (tertiary/aromatic N) is 2. The maximum absolute atomic E-state index is 4.14. The molecular weight excluding hydrogens is 192 g/mol. The molecule has 0 saturated heterocycles. The number of rotatable bonds is 0. The van der Waals surface area contributed by atoms with Crippen LogP contribution >= 0.6 is 11.7 Å². The average molecular weight is 212 g/mol. The minimum absolute atomic E-state index is 1.07. The Kier molecular flexibility index (Phi) is 8.43. The van der Waals surface area contributed by atoms with Crippen LogP contribution in [0.25, 0.3) is 6.08 Å². The van der Waals surface area contributed by atoms with Gasteiger partial charge in [0.25, 0.3) is 0 Å². The van der Waals surface area contributed by atoms with E-state index in [4.69, 9.17) is 0 Å². The second kappa shape index (κ2) is 8.88. The molecule has 0 spiro atoms. The molecule has 1 heterocycles. The Morgan fingerprint density at radius 3 is 2.50 bits per heavy atom. The molecule has 14 heavy (non-hydrogen) atoms. The molecule has 1 aromatic heterocycles. The lowest BCUT2D eigenvalue weighted by Gasteiger charge is -1.97. The van der Waals surface area contributed by atoms with Crippen LogP contribution in [-0.2, 0) is 6.42 Å². The summed E-state index contributed by atoms with van der Waals surface area (Å²) >= 11 is 1.30. The third kappa shape index (κ3) is 4.51. The first-order valence-corrected chi connectivity index (χ1v) is 6.09. The molecule has 0 N–H and O–H groups in total. The molecule has 0 bridgehead atoms. The first kappa shape index (κ1) is 13.3. The van der Waals surface area contributed by atoms with Gasteiger partial charge in [0.05, 0.1) is 23.1 Å². The molecule has 1 aromatic rings. The van der Waals surface area contributed by atoms with Crippen LogP contribution in [0.4, 0.5) is 0 Å². The lowest BCUT2D eigenvalue weighted by atomic mass is 10.1. The van der Waals surface area contributed by atoms with Crippen molar-refractivity contribution in [3.63, 3.8) is 0 Å². The van der Waals surface area contributed by atoms with Gasteiger partial charge in [0.15, 0.2) is 0 Å². The summed E-state index contributed by atoms with van der Waals surface area (Å²) in [6, 6.07) is 0. The predicted octanol–water partition coefficient (Wildman–Crippen LogP) is 3.94. The maximum atomic E-state index is 4.14. The van der Waals surface area contributed by atoms with E-state index in [1.54, 1.807) is 0 Å². The lowest BCUT2D eigenvalue weighted by Crippen LogP contribution is -1.91. The Morgan fingerprint density at radius 2 is 1.93 bits per heavy atom. The van der Waals surface area contributed by atoms with E-state index in [2.05, 4.69) is 28.7 Å². The summed E-state index contributed by atoms with van der Waals surface area (Å²) in [5.41, 5.74) is 2.24. The van der Waals surface area contributed by atoms with Gasteiger partial charge < -0.3 is 0 Å². The molecule has 0 saturated carbocycles. The van der Waals surface area contributed by atoms with Gasteiger partial charge in [0.1, 0.15) is 0 Å². The van der Waals surface area contributed by atoms with Gasteiger partial charge in [-0.25, -0.2) is 0 Å². The second-order valence-electron chi connectivity index (χ2n) is 2.74. The molecule has 3 heteroatoms. The van der Waals surface area contributed by atoms with Gasteiger partial charge in [-0.2, -0.15) is 8.75 Å². The van der Waals surface area contributed by atoms with E-state index in [0.29, 0.717) is 0 Å². The standard InChI is InChI=1S/C6H6N2S.C3H8.C2H6/c1-2-4-6-5(3-1)7-9-8-6;1-3-2;1-2/h1,3H,2,4H2;3H2,1-2H3;1-2H3. The highest BCUT2D eigenvalue weighted by molar-refractivity contribution is 6.99. The maximum Gasteiger partial charge on any atom is 0.0998 e. The van der Waals surface area contributed by atoms with E-state index in [-0.39, 0.29) is 0 Å². The largest absolute Gasteiger partial charge is 0.177 e. The van der Waals surface area contributed by atoms with Gasteiger partial charge in [-0.1, -0.05) is 40.2 Å². The Hall–Kier alpha value is -0.700. The summed E-state index contributed by atoms with van der Waals surface area (Å²) in [4.78, 5) is 0. The molecule has 0 radical (unpaired) electrons. The number of fused-ring (bicyclic) bond motifs is 1. The van der Waals surface area contributed by atoms with E-state index in [1.807, 2.05) is 19.9 Å². The fraction of sp³-hybridized carbons (Fsp3) is 0.636. The van der Waals surface area contributed by atoms with Crippen molar-refractivity contribution in [1.82, 2.24) is 8.75 Å². The summed E-state index contributed by atoms with van der Waals surface area (Å²) in [5, 5.41) is 0. The van der Waals surface area contributed by atoms with E-state index in [1.165, 1.54) is 23.8 Å². The quantitative estimate of drug-likeness (QED) is 0.651. The van der Waals surface area contributed by atoms with E-state index in [0.717, 1.165) is 18.5 Å². The third-order valence-corrected chi connectivity index (χ3v) is 1.99. The van der Waals surface area contributed by atoms with Gasteiger partial charge in [-0.3, -0.25) is 0 Å². The van der Waals surface area contributed by atoms with Crippen molar-refractivity contribution in [3.8, 4) is 0 Å². The van der Waals surface area contributed by atoms with Crippen LogP contribution < -0.4 is 0 Å². The zero-order valence-corrected chi connectivity index (χ0v) is 10.4. The van der Waals surface area contributed by atoms with Crippen molar-refractivity contribution in [2.75, 3.05) is 0 Å². The van der Waals surface area contributed by atoms with Gasteiger partial charge >= 0.3 is 0 Å². The van der Waals surface area contributed by atoms with Crippen molar-refractivity contribution in [2.24, 2.45) is 0 Å². The fourth-order valence-electron chi connectivity index (χ4n) is 0.928. The van der Waals surface area contributed by atoms with Crippen LogP contribution in [0.3, 0.4) is 0 Å². The van der Waals surface area contributed by atoms with Gasteiger partial charge in [-0.05, 0) is 18.9 Å². The van der Waals surface area contributed by atoms with Gasteiger partial charge in [-0.15, -0.1) is 0 Å². The minimum Gasteiger partial charge on any atom is -0.177 e. The van der Waals surface area contributed by atoms with E-state index >= 15 is 0 Å². The van der Waals surface area contributed by atoms with Gasteiger partial charge in [0.2, 0.25) is 0 Å². The topological polar surface area (TPSA) is 25.8 Å². The van der Waals surface area contributed by atoms with Crippen LogP contribution in [-0.4, -0.2) is 8.75 Å². The van der Waals surface area contributed by atoms with Crippen LogP contribution in [0.5, 0.6) is 0 Å². The zero-order valence-electron chi connectivity index (χ0n) is 9.58. The second-order valence-corrected chi connectivity index (χ2v) is 3.27. The molecule has 0 amide bonds. The van der Waals surface area contributed by atoms with Crippen LogP contribution in [0.2, 0.25) is 0 Å². The predicted molar refractivity (Wildman–Crippen MR) is 64.6 cm³/mol. The highest BCUT2D eigenvalue weighted by Crippen LogP contribution is 2.15. The molecule has 0 fully saturated rings. The first-order chi connectivity index (χ1) is 6.88. The third-order valence-electron chi connectivity index (χ3n) is 1.41. The highest BCUT2D eigenvalue weighted by Gasteiger charge is 2.06. The fourth-order valence-corrected chi connectivity index (χ4v) is 1.51. The zero-order chi connectivity index (χ0) is 10.8. The van der Waals surface area contributed by atoms with E-state index in [9.17, 15) is 0 Å².